The summed E-state index contributed by atoms with van der Waals surface area (Å²) in [4.78, 5) is 49.8. The number of amides is 4. The Kier molecular flexibility index (Phi) is 7.64. The molecule has 1 fully saturated rings. The molecule has 0 spiro atoms. The average Bonchev–Trinajstić information content (AvgIpc) is 3.34. The summed E-state index contributed by atoms with van der Waals surface area (Å²) in [6, 6.07) is 25.7. The number of benzene rings is 3. The van der Waals surface area contributed by atoms with Crippen molar-refractivity contribution in [3.8, 4) is 11.5 Å². The van der Waals surface area contributed by atoms with Crippen LogP contribution in [0.5, 0.6) is 11.5 Å². The maximum Gasteiger partial charge on any atom is 0.331 e. The summed E-state index contributed by atoms with van der Waals surface area (Å²) in [6.07, 6.45) is 3.90. The van der Waals surface area contributed by atoms with Gasteiger partial charge in [-0.25, -0.2) is 9.78 Å². The van der Waals surface area contributed by atoms with Crippen LogP contribution in [-0.4, -0.2) is 40.3 Å². The van der Waals surface area contributed by atoms with E-state index in [0.29, 0.717) is 57.4 Å². The molecule has 2 aliphatic heterocycles. The summed E-state index contributed by atoms with van der Waals surface area (Å²) in [5.74, 6) is 0.888. The van der Waals surface area contributed by atoms with E-state index in [4.69, 9.17) is 4.74 Å². The van der Waals surface area contributed by atoms with Gasteiger partial charge in [0.2, 0.25) is 5.91 Å². The monoisotopic (exact) mass is 617 g/mol. The number of anilines is 3. The number of aryl methyl sites for hydroxylation is 1. The van der Waals surface area contributed by atoms with E-state index in [1.165, 1.54) is 11.3 Å². The summed E-state index contributed by atoms with van der Waals surface area (Å²) in [5, 5.41) is 6.63. The number of hydrogen-bond donors (Lipinski definition) is 2. The fraction of sp³-hybridized carbons (Fsp3) is 0.200. The molecule has 5 aromatic rings. The van der Waals surface area contributed by atoms with Crippen LogP contribution in [0.2, 0.25) is 0 Å². The second kappa shape index (κ2) is 12.0. The third kappa shape index (κ3) is 5.60. The zero-order valence-electron chi connectivity index (χ0n) is 24.7. The Hall–Kier alpha value is -5.22. The van der Waals surface area contributed by atoms with Crippen molar-refractivity contribution in [1.82, 2.24) is 15.2 Å². The van der Waals surface area contributed by atoms with Crippen LogP contribution in [0, 0.1) is 6.92 Å². The number of carbonyl (C=O) groups is 3. The van der Waals surface area contributed by atoms with Gasteiger partial charge in [-0.3, -0.25) is 14.5 Å². The highest BCUT2D eigenvalue weighted by molar-refractivity contribution is 7.21. The van der Waals surface area contributed by atoms with E-state index in [9.17, 15) is 14.4 Å². The first kappa shape index (κ1) is 28.5. The molecule has 0 saturated carbocycles. The van der Waals surface area contributed by atoms with Crippen LogP contribution in [0.3, 0.4) is 0 Å². The molecule has 4 heterocycles. The van der Waals surface area contributed by atoms with Gasteiger partial charge in [-0.15, -0.1) is 11.3 Å². The van der Waals surface area contributed by atoms with Crippen LogP contribution in [-0.2, 0) is 11.3 Å². The number of likely N-dealkylation sites (tertiary alicyclic amines) is 1. The largest absolute Gasteiger partial charge is 0.457 e. The summed E-state index contributed by atoms with van der Waals surface area (Å²) in [7, 11) is 0. The van der Waals surface area contributed by atoms with Crippen molar-refractivity contribution >= 4 is 56.5 Å². The Morgan fingerprint density at radius 1 is 0.978 bits per heavy atom. The van der Waals surface area contributed by atoms with Crippen LogP contribution in [0.4, 0.5) is 21.9 Å². The number of aromatic nitrogens is 1. The topological polar surface area (TPSA) is 104 Å². The lowest BCUT2D eigenvalue weighted by Gasteiger charge is -2.29. The van der Waals surface area contributed by atoms with Crippen molar-refractivity contribution in [3.63, 3.8) is 0 Å². The molecule has 2 aliphatic rings. The Balaban J connectivity index is 1.15. The summed E-state index contributed by atoms with van der Waals surface area (Å²) < 4.78 is 5.99. The molecule has 7 rings (SSSR count). The number of rotatable bonds is 7. The van der Waals surface area contributed by atoms with Gasteiger partial charge in [0.15, 0.2) is 0 Å². The maximum absolute atomic E-state index is 13.7. The molecule has 0 bridgehead atoms. The molecule has 2 aromatic heterocycles. The third-order valence-corrected chi connectivity index (χ3v) is 9.24. The van der Waals surface area contributed by atoms with E-state index >= 15 is 0 Å². The van der Waals surface area contributed by atoms with E-state index in [-0.39, 0.29) is 11.9 Å². The van der Waals surface area contributed by atoms with Crippen molar-refractivity contribution in [2.75, 3.05) is 16.8 Å². The van der Waals surface area contributed by atoms with Gasteiger partial charge >= 0.3 is 6.03 Å². The molecular weight excluding hydrogens is 586 g/mol. The lowest BCUT2D eigenvalue weighted by atomic mass is 10.1. The number of nitrogens with one attached hydrogen (secondary N) is 2. The number of urea groups is 1. The minimum atomic E-state index is -0.649. The van der Waals surface area contributed by atoms with E-state index < -0.39 is 11.9 Å². The van der Waals surface area contributed by atoms with Gasteiger partial charge in [0.05, 0.1) is 22.4 Å². The number of nitrogens with zero attached hydrogens (tertiary/aromatic N) is 3. The first-order valence-corrected chi connectivity index (χ1v) is 15.8. The van der Waals surface area contributed by atoms with Crippen molar-refractivity contribution in [2.45, 2.75) is 38.8 Å². The Labute approximate surface area is 264 Å². The van der Waals surface area contributed by atoms with E-state index in [0.717, 1.165) is 29.7 Å². The standard InChI is InChI=1S/C35H31N5O4S/c1-22-20-25(44-24-12-6-3-7-13-24)15-16-27(22)40-28-17-18-36-33-29(28)30(38-35(40)43)31(45-33)32(41)37-26-14-8-9-19-39(34(26)42)21-23-10-4-2-5-11-23/h2-7,10-13,15-18,20,26H,8-9,14,19,21H2,1H3,(H,37,41)(H,38,43). The van der Waals surface area contributed by atoms with Crippen LogP contribution < -0.4 is 20.3 Å². The molecule has 0 radical (unpaired) electrons. The highest BCUT2D eigenvalue weighted by atomic mass is 32.1. The molecule has 9 nitrogen and oxygen atoms in total. The van der Waals surface area contributed by atoms with Crippen molar-refractivity contribution in [3.05, 3.63) is 107 Å². The number of thiophene rings is 1. The van der Waals surface area contributed by atoms with Crippen molar-refractivity contribution in [1.29, 1.82) is 0 Å². The fourth-order valence-corrected chi connectivity index (χ4v) is 7.00. The average molecular weight is 618 g/mol. The smallest absolute Gasteiger partial charge is 0.331 e. The van der Waals surface area contributed by atoms with Gasteiger partial charge in [-0.1, -0.05) is 48.5 Å². The quantitative estimate of drug-likeness (QED) is 0.198. The second-order valence-electron chi connectivity index (χ2n) is 11.2. The summed E-state index contributed by atoms with van der Waals surface area (Å²) in [5.41, 5.74) is 3.62. The van der Waals surface area contributed by atoms with Crippen molar-refractivity contribution < 1.29 is 19.1 Å². The molecule has 10 heteroatoms. The van der Waals surface area contributed by atoms with E-state index in [1.807, 2.05) is 90.7 Å². The lowest BCUT2D eigenvalue weighted by Crippen LogP contribution is -2.47. The predicted octanol–water partition coefficient (Wildman–Crippen LogP) is 7.39. The van der Waals surface area contributed by atoms with Crippen LogP contribution in [0.15, 0.2) is 91.1 Å². The zero-order valence-corrected chi connectivity index (χ0v) is 25.5. The highest BCUT2D eigenvalue weighted by Gasteiger charge is 2.35. The fourth-order valence-electron chi connectivity index (χ4n) is 5.97. The van der Waals surface area contributed by atoms with Gasteiger partial charge in [0, 0.05) is 19.3 Å². The first-order chi connectivity index (χ1) is 22.0. The minimum Gasteiger partial charge on any atom is -0.457 e. The molecule has 2 N–H and O–H groups in total. The maximum atomic E-state index is 13.7. The van der Waals surface area contributed by atoms with Gasteiger partial charge < -0.3 is 20.3 Å². The van der Waals surface area contributed by atoms with Crippen molar-refractivity contribution in [2.24, 2.45) is 0 Å². The van der Waals surface area contributed by atoms with Gasteiger partial charge in [-0.05, 0) is 73.7 Å². The van der Waals surface area contributed by atoms with Crippen LogP contribution in [0.1, 0.15) is 40.1 Å². The second-order valence-corrected chi connectivity index (χ2v) is 12.2. The normalized spacial score (nSPS) is 16.3. The molecule has 226 valence electrons. The minimum absolute atomic E-state index is 0.0938. The number of pyridine rings is 1. The molecule has 45 heavy (non-hydrogen) atoms. The molecule has 1 saturated heterocycles. The number of hydrogen-bond acceptors (Lipinski definition) is 6. The molecule has 1 unspecified atom stereocenters. The van der Waals surface area contributed by atoms with Gasteiger partial charge in [-0.2, -0.15) is 0 Å². The first-order valence-electron chi connectivity index (χ1n) is 15.0. The molecule has 0 aliphatic carbocycles. The number of ether oxygens (including phenoxy) is 1. The predicted molar refractivity (Wildman–Crippen MR) is 175 cm³/mol. The Morgan fingerprint density at radius 3 is 2.53 bits per heavy atom. The number of para-hydroxylation sites is 1. The summed E-state index contributed by atoms with van der Waals surface area (Å²) >= 11 is 1.21. The molecule has 4 amide bonds. The van der Waals surface area contributed by atoms with Crippen LogP contribution >= 0.6 is 11.3 Å². The SMILES string of the molecule is Cc1cc(Oc2ccccc2)ccc1N1C(=O)Nc2c(C(=O)NC3CCCCN(Cc4ccccc4)C3=O)sc3nccc1c23. The zero-order chi connectivity index (χ0) is 30.9. The van der Waals surface area contributed by atoms with E-state index in [2.05, 4.69) is 15.6 Å². The number of carbonyl (C=O) groups excluding carboxylic acids is 3. The Bertz CT molecular complexity index is 1910. The van der Waals surface area contributed by atoms with Gasteiger partial charge in [0.1, 0.15) is 27.2 Å². The van der Waals surface area contributed by atoms with Gasteiger partial charge in [0.25, 0.3) is 5.91 Å². The molecule has 1 atom stereocenters. The van der Waals surface area contributed by atoms with Crippen LogP contribution in [0.25, 0.3) is 10.2 Å². The Morgan fingerprint density at radius 2 is 1.76 bits per heavy atom. The highest BCUT2D eigenvalue weighted by Crippen LogP contribution is 2.46. The molecule has 3 aromatic carbocycles. The third-order valence-electron chi connectivity index (χ3n) is 8.14. The molecular formula is C35H31N5O4S. The van der Waals surface area contributed by atoms with E-state index in [1.54, 1.807) is 17.2 Å². The lowest BCUT2D eigenvalue weighted by molar-refractivity contribution is -0.133. The summed E-state index contributed by atoms with van der Waals surface area (Å²) in [6.45, 7) is 3.07.